The zero-order valence-electron chi connectivity index (χ0n) is 15.6. The number of benzene rings is 1. The minimum atomic E-state index is -0.289. The van der Waals surface area contributed by atoms with Crippen LogP contribution in [0.25, 0.3) is 0 Å². The lowest BCUT2D eigenvalue weighted by Crippen LogP contribution is -2.25. The van der Waals surface area contributed by atoms with Crippen LogP contribution in [0.4, 0.5) is 11.6 Å². The Balaban J connectivity index is 1.56. The number of amides is 1. The van der Waals surface area contributed by atoms with Crippen molar-refractivity contribution in [1.29, 1.82) is 0 Å². The van der Waals surface area contributed by atoms with E-state index in [4.69, 9.17) is 4.74 Å². The van der Waals surface area contributed by atoms with Crippen molar-refractivity contribution >= 4 is 17.5 Å². The molecule has 0 atom stereocenters. The van der Waals surface area contributed by atoms with Crippen molar-refractivity contribution in [2.24, 2.45) is 0 Å². The van der Waals surface area contributed by atoms with Crippen LogP contribution in [0.1, 0.15) is 28.5 Å². The number of carbonyl (C=O) groups is 1. The number of nitrogens with zero attached hydrogens (tertiary/aromatic N) is 4. The fourth-order valence-electron chi connectivity index (χ4n) is 3.20. The van der Waals surface area contributed by atoms with Crippen LogP contribution in [0.3, 0.4) is 0 Å². The summed E-state index contributed by atoms with van der Waals surface area (Å²) in [6.07, 6.45) is 4.16. The van der Waals surface area contributed by atoms with Gasteiger partial charge in [-0.15, -0.1) is 0 Å². The summed E-state index contributed by atoms with van der Waals surface area (Å²) in [5, 5.41) is 2.84. The van der Waals surface area contributed by atoms with E-state index in [1.54, 1.807) is 6.20 Å². The van der Waals surface area contributed by atoms with Crippen molar-refractivity contribution in [1.82, 2.24) is 20.3 Å². The molecule has 1 N–H and O–H groups in total. The summed E-state index contributed by atoms with van der Waals surface area (Å²) in [6.45, 7) is 3.40. The van der Waals surface area contributed by atoms with Gasteiger partial charge in [0.2, 0.25) is 11.8 Å². The first-order valence-corrected chi connectivity index (χ1v) is 9.29. The van der Waals surface area contributed by atoms with Crippen LogP contribution in [-0.4, -0.2) is 34.0 Å². The Labute approximate surface area is 163 Å². The van der Waals surface area contributed by atoms with Crippen molar-refractivity contribution in [3.05, 3.63) is 71.7 Å². The zero-order valence-corrected chi connectivity index (χ0v) is 15.6. The van der Waals surface area contributed by atoms with E-state index < -0.39 is 0 Å². The number of para-hydroxylation sites is 1. The largest absolute Gasteiger partial charge is 0.477 e. The van der Waals surface area contributed by atoms with E-state index in [2.05, 4.69) is 32.4 Å². The molecule has 142 valence electrons. The van der Waals surface area contributed by atoms with Gasteiger partial charge in [0.25, 0.3) is 5.91 Å². The quantitative estimate of drug-likeness (QED) is 0.714. The highest BCUT2D eigenvalue weighted by atomic mass is 16.5. The molecule has 3 heterocycles. The third-order valence-electron chi connectivity index (χ3n) is 4.55. The van der Waals surface area contributed by atoms with Crippen molar-refractivity contribution in [2.45, 2.75) is 19.9 Å². The van der Waals surface area contributed by atoms with E-state index in [0.717, 1.165) is 24.3 Å². The molecular weight excluding hydrogens is 354 g/mol. The second-order valence-corrected chi connectivity index (χ2v) is 6.36. The van der Waals surface area contributed by atoms with Gasteiger partial charge in [0.15, 0.2) is 0 Å². The van der Waals surface area contributed by atoms with Gasteiger partial charge in [0, 0.05) is 24.6 Å². The van der Waals surface area contributed by atoms with Gasteiger partial charge in [0.05, 0.1) is 18.8 Å². The second-order valence-electron chi connectivity index (χ2n) is 6.36. The molecule has 4 rings (SSSR count). The number of pyridine rings is 1. The van der Waals surface area contributed by atoms with Crippen LogP contribution >= 0.6 is 0 Å². The van der Waals surface area contributed by atoms with E-state index in [-0.39, 0.29) is 11.8 Å². The maximum atomic E-state index is 12.6. The number of nitrogens with one attached hydrogen (secondary N) is 1. The summed E-state index contributed by atoms with van der Waals surface area (Å²) >= 11 is 0. The molecule has 1 aliphatic heterocycles. The van der Waals surface area contributed by atoms with Gasteiger partial charge < -0.3 is 15.0 Å². The molecule has 0 spiro atoms. The minimum absolute atomic E-state index is 0.287. The monoisotopic (exact) mass is 375 g/mol. The molecule has 0 aliphatic carbocycles. The lowest BCUT2D eigenvalue weighted by atomic mass is 10.2. The number of carbonyl (C=O) groups excluding carboxylic acids is 1. The summed E-state index contributed by atoms with van der Waals surface area (Å²) in [4.78, 5) is 27.9. The molecule has 1 aliphatic rings. The van der Waals surface area contributed by atoms with Crippen molar-refractivity contribution < 1.29 is 9.53 Å². The summed E-state index contributed by atoms with van der Waals surface area (Å²) < 4.78 is 5.64. The average Bonchev–Trinajstić information content (AvgIpc) is 3.17. The molecule has 2 aromatic heterocycles. The Hall–Kier alpha value is -3.48. The smallest absolute Gasteiger partial charge is 0.258 e. The van der Waals surface area contributed by atoms with E-state index in [1.807, 2.05) is 42.2 Å². The molecule has 0 fully saturated rings. The first kappa shape index (κ1) is 17.9. The standard InChI is InChI=1S/C21H21N5O2/c1-2-28-20-17(19(27)23-13-16-8-5-6-11-22-16)14-24-21(25-20)26-12-10-15-7-3-4-9-18(15)26/h3-9,11,14H,2,10,12-13H2,1H3,(H,23,27). The van der Waals surface area contributed by atoms with Gasteiger partial charge >= 0.3 is 0 Å². The molecule has 1 aromatic carbocycles. The molecule has 0 bridgehead atoms. The zero-order chi connectivity index (χ0) is 19.3. The lowest BCUT2D eigenvalue weighted by Gasteiger charge is -2.18. The number of hydrogen-bond acceptors (Lipinski definition) is 6. The summed E-state index contributed by atoms with van der Waals surface area (Å²) in [5.74, 6) is 0.535. The van der Waals surface area contributed by atoms with Crippen LogP contribution in [0, 0.1) is 0 Å². The van der Waals surface area contributed by atoms with Crippen LogP contribution in [0.5, 0.6) is 5.88 Å². The maximum absolute atomic E-state index is 12.6. The maximum Gasteiger partial charge on any atom is 0.258 e. The summed E-state index contributed by atoms with van der Waals surface area (Å²) in [7, 11) is 0. The lowest BCUT2D eigenvalue weighted by molar-refractivity contribution is 0.0945. The minimum Gasteiger partial charge on any atom is -0.477 e. The highest BCUT2D eigenvalue weighted by Gasteiger charge is 2.24. The molecule has 28 heavy (non-hydrogen) atoms. The summed E-state index contributed by atoms with van der Waals surface area (Å²) in [6, 6.07) is 13.8. The fourth-order valence-corrected chi connectivity index (χ4v) is 3.20. The Morgan fingerprint density at radius 2 is 2.04 bits per heavy atom. The predicted molar refractivity (Wildman–Crippen MR) is 106 cm³/mol. The number of fused-ring (bicyclic) bond motifs is 1. The third-order valence-corrected chi connectivity index (χ3v) is 4.55. The van der Waals surface area contributed by atoms with Crippen molar-refractivity contribution in [2.75, 3.05) is 18.1 Å². The summed E-state index contributed by atoms with van der Waals surface area (Å²) in [5.41, 5.74) is 3.45. The topological polar surface area (TPSA) is 80.2 Å². The first-order valence-electron chi connectivity index (χ1n) is 9.29. The van der Waals surface area contributed by atoms with Crippen LogP contribution < -0.4 is 15.0 Å². The Bertz CT molecular complexity index is 978. The highest BCUT2D eigenvalue weighted by molar-refractivity contribution is 5.96. The third kappa shape index (κ3) is 3.64. The molecule has 3 aromatic rings. The number of rotatable bonds is 6. The molecule has 0 saturated carbocycles. The SMILES string of the molecule is CCOc1nc(N2CCc3ccccc32)ncc1C(=O)NCc1ccccn1. The van der Waals surface area contributed by atoms with Crippen LogP contribution in [-0.2, 0) is 13.0 Å². The highest BCUT2D eigenvalue weighted by Crippen LogP contribution is 2.33. The molecule has 0 saturated heterocycles. The number of anilines is 2. The van der Waals surface area contributed by atoms with Gasteiger partial charge in [-0.25, -0.2) is 4.98 Å². The van der Waals surface area contributed by atoms with E-state index in [1.165, 1.54) is 11.8 Å². The first-order chi connectivity index (χ1) is 13.8. The molecule has 7 heteroatoms. The average molecular weight is 375 g/mol. The van der Waals surface area contributed by atoms with Gasteiger partial charge in [0.1, 0.15) is 5.56 Å². The molecule has 0 radical (unpaired) electrons. The molecule has 1 amide bonds. The van der Waals surface area contributed by atoms with Gasteiger partial charge in [-0.2, -0.15) is 4.98 Å². The van der Waals surface area contributed by atoms with Gasteiger partial charge in [-0.1, -0.05) is 24.3 Å². The Morgan fingerprint density at radius 1 is 1.18 bits per heavy atom. The van der Waals surface area contributed by atoms with E-state index >= 15 is 0 Å². The van der Waals surface area contributed by atoms with Crippen LogP contribution in [0.15, 0.2) is 54.9 Å². The molecule has 0 unspecified atom stereocenters. The second kappa shape index (κ2) is 8.04. The Morgan fingerprint density at radius 3 is 2.86 bits per heavy atom. The van der Waals surface area contributed by atoms with E-state index in [9.17, 15) is 4.79 Å². The molecular formula is C21H21N5O2. The number of hydrogen-bond donors (Lipinski definition) is 1. The van der Waals surface area contributed by atoms with Crippen molar-refractivity contribution in [3.63, 3.8) is 0 Å². The normalized spacial score (nSPS) is 12.5. The van der Waals surface area contributed by atoms with Crippen LogP contribution in [0.2, 0.25) is 0 Å². The molecule has 7 nitrogen and oxygen atoms in total. The number of ether oxygens (including phenoxy) is 1. The Kier molecular flexibility index (Phi) is 5.14. The number of aromatic nitrogens is 3. The van der Waals surface area contributed by atoms with Gasteiger partial charge in [-0.3, -0.25) is 9.78 Å². The van der Waals surface area contributed by atoms with Crippen molar-refractivity contribution in [3.8, 4) is 5.88 Å². The fraction of sp³-hybridized carbons (Fsp3) is 0.238. The van der Waals surface area contributed by atoms with Gasteiger partial charge in [-0.05, 0) is 37.1 Å². The van der Waals surface area contributed by atoms with E-state index in [0.29, 0.717) is 24.7 Å². The predicted octanol–water partition coefficient (Wildman–Crippen LogP) is 2.89.